The van der Waals surface area contributed by atoms with E-state index in [9.17, 15) is 9.18 Å². The number of nitrogens with one attached hydrogen (secondary N) is 1. The first-order chi connectivity index (χ1) is 9.38. The van der Waals surface area contributed by atoms with Gasteiger partial charge >= 0.3 is 0 Å². The zero-order valence-corrected chi connectivity index (χ0v) is 12.4. The van der Waals surface area contributed by atoms with E-state index in [1.807, 2.05) is 25.9 Å². The molecule has 0 radical (unpaired) electrons. The molecule has 0 fully saturated rings. The maximum atomic E-state index is 13.6. The lowest BCUT2D eigenvalue weighted by Crippen LogP contribution is -2.25. The van der Waals surface area contributed by atoms with Gasteiger partial charge in [0.25, 0.3) is 0 Å². The van der Waals surface area contributed by atoms with Crippen molar-refractivity contribution in [3.8, 4) is 0 Å². The molecule has 0 saturated carbocycles. The molecule has 1 unspecified atom stereocenters. The second-order valence-corrected chi connectivity index (χ2v) is 5.46. The van der Waals surface area contributed by atoms with E-state index < -0.39 is 0 Å². The fourth-order valence-electron chi connectivity index (χ4n) is 1.85. The van der Waals surface area contributed by atoms with Crippen LogP contribution in [0.2, 0.25) is 0 Å². The van der Waals surface area contributed by atoms with Crippen molar-refractivity contribution >= 4 is 5.91 Å². The molecule has 0 heterocycles. The highest BCUT2D eigenvalue weighted by Gasteiger charge is 2.07. The van der Waals surface area contributed by atoms with E-state index in [2.05, 4.69) is 5.32 Å². The van der Waals surface area contributed by atoms with Crippen molar-refractivity contribution in [3.05, 3.63) is 35.1 Å². The van der Waals surface area contributed by atoms with Crippen LogP contribution in [0.1, 0.15) is 30.9 Å². The third-order valence-electron chi connectivity index (χ3n) is 2.91. The van der Waals surface area contributed by atoms with Gasteiger partial charge in [-0.25, -0.2) is 4.39 Å². The van der Waals surface area contributed by atoms with Crippen molar-refractivity contribution in [1.82, 2.24) is 10.2 Å². The Hall–Kier alpha value is -1.46. The highest BCUT2D eigenvalue weighted by atomic mass is 19.1. The van der Waals surface area contributed by atoms with Crippen LogP contribution in [0.5, 0.6) is 0 Å². The van der Waals surface area contributed by atoms with Crippen LogP contribution in [0.25, 0.3) is 0 Å². The van der Waals surface area contributed by atoms with Crippen molar-refractivity contribution in [1.29, 1.82) is 0 Å². The Morgan fingerprint density at radius 3 is 2.75 bits per heavy atom. The molecule has 0 aromatic heterocycles. The number of nitrogens with two attached hydrogens (primary N) is 1. The average Bonchev–Trinajstić information content (AvgIpc) is 2.36. The number of nitrogens with zero attached hydrogens (tertiary/aromatic N) is 1. The summed E-state index contributed by atoms with van der Waals surface area (Å²) in [4.78, 5) is 13.5. The van der Waals surface area contributed by atoms with Crippen molar-refractivity contribution in [2.24, 2.45) is 5.73 Å². The zero-order chi connectivity index (χ0) is 15.1. The average molecular weight is 281 g/mol. The fraction of sp³-hybridized carbons (Fsp3) is 0.533. The summed E-state index contributed by atoms with van der Waals surface area (Å²) in [5.41, 5.74) is 7.14. The van der Waals surface area contributed by atoms with Gasteiger partial charge in [-0.15, -0.1) is 0 Å². The van der Waals surface area contributed by atoms with E-state index in [1.165, 1.54) is 6.07 Å². The van der Waals surface area contributed by atoms with Gasteiger partial charge in [0.2, 0.25) is 5.91 Å². The largest absolute Gasteiger partial charge is 0.352 e. The first-order valence-corrected chi connectivity index (χ1v) is 6.82. The van der Waals surface area contributed by atoms with Crippen LogP contribution in [0.3, 0.4) is 0 Å². The van der Waals surface area contributed by atoms with Gasteiger partial charge in [-0.2, -0.15) is 0 Å². The zero-order valence-electron chi connectivity index (χ0n) is 12.4. The second-order valence-electron chi connectivity index (χ2n) is 5.46. The topological polar surface area (TPSA) is 58.4 Å². The standard InChI is InChI=1S/C15H24FN3O/c1-11(17)4-7-15(20)18-9-12-5-6-14(16)13(8-12)10-19(2)3/h5-6,8,11H,4,7,9-10,17H2,1-3H3,(H,18,20). The second kappa shape index (κ2) is 7.97. The quantitative estimate of drug-likeness (QED) is 0.798. The molecule has 5 heteroatoms. The molecule has 112 valence electrons. The molecule has 1 aromatic rings. The molecule has 0 aliphatic heterocycles. The molecule has 1 aromatic carbocycles. The van der Waals surface area contributed by atoms with Crippen molar-refractivity contribution < 1.29 is 9.18 Å². The van der Waals surface area contributed by atoms with E-state index in [1.54, 1.807) is 12.1 Å². The van der Waals surface area contributed by atoms with Gasteiger partial charge in [-0.3, -0.25) is 4.79 Å². The van der Waals surface area contributed by atoms with E-state index in [0.717, 1.165) is 5.56 Å². The number of carbonyl (C=O) groups excluding carboxylic acids is 1. The summed E-state index contributed by atoms with van der Waals surface area (Å²) in [6.45, 7) is 2.83. The number of halogens is 1. The predicted molar refractivity (Wildman–Crippen MR) is 78.5 cm³/mol. The molecule has 1 rings (SSSR count). The molecule has 3 N–H and O–H groups in total. The van der Waals surface area contributed by atoms with Gasteiger partial charge in [-0.1, -0.05) is 6.07 Å². The molecular weight excluding hydrogens is 257 g/mol. The van der Waals surface area contributed by atoms with Crippen LogP contribution in [-0.4, -0.2) is 30.9 Å². The number of hydrogen-bond donors (Lipinski definition) is 2. The third-order valence-corrected chi connectivity index (χ3v) is 2.91. The van der Waals surface area contributed by atoms with Gasteiger partial charge < -0.3 is 16.0 Å². The predicted octanol–water partition coefficient (Wildman–Crippen LogP) is 1.63. The SMILES string of the molecule is CC(N)CCC(=O)NCc1ccc(F)c(CN(C)C)c1. The van der Waals surface area contributed by atoms with Gasteiger partial charge in [0, 0.05) is 31.1 Å². The van der Waals surface area contributed by atoms with E-state index >= 15 is 0 Å². The summed E-state index contributed by atoms with van der Waals surface area (Å²) in [5, 5.41) is 2.82. The van der Waals surface area contributed by atoms with E-state index in [-0.39, 0.29) is 17.8 Å². The monoisotopic (exact) mass is 281 g/mol. The minimum atomic E-state index is -0.217. The lowest BCUT2D eigenvalue weighted by molar-refractivity contribution is -0.121. The summed E-state index contributed by atoms with van der Waals surface area (Å²) in [6, 6.07) is 4.96. The summed E-state index contributed by atoms with van der Waals surface area (Å²) >= 11 is 0. The van der Waals surface area contributed by atoms with Crippen molar-refractivity contribution in [2.75, 3.05) is 14.1 Å². The Bertz CT molecular complexity index is 447. The van der Waals surface area contributed by atoms with Crippen LogP contribution in [-0.2, 0) is 17.9 Å². The number of benzene rings is 1. The minimum Gasteiger partial charge on any atom is -0.352 e. The van der Waals surface area contributed by atoms with Gasteiger partial charge in [0.05, 0.1) is 0 Å². The number of amides is 1. The first kappa shape index (κ1) is 16.6. The number of carbonyl (C=O) groups is 1. The summed E-state index contributed by atoms with van der Waals surface area (Å²) in [5.74, 6) is -0.244. The van der Waals surface area contributed by atoms with Crippen LogP contribution in [0.4, 0.5) is 4.39 Å². The van der Waals surface area contributed by atoms with Crippen LogP contribution in [0, 0.1) is 5.82 Å². The molecular formula is C15H24FN3O. The maximum absolute atomic E-state index is 13.6. The molecule has 4 nitrogen and oxygen atoms in total. The van der Waals surface area contributed by atoms with E-state index in [4.69, 9.17) is 5.73 Å². The lowest BCUT2D eigenvalue weighted by Gasteiger charge is -2.12. The molecule has 1 amide bonds. The lowest BCUT2D eigenvalue weighted by atomic mass is 10.1. The highest BCUT2D eigenvalue weighted by molar-refractivity contribution is 5.75. The van der Waals surface area contributed by atoms with Crippen molar-refractivity contribution in [3.63, 3.8) is 0 Å². The van der Waals surface area contributed by atoms with Crippen LogP contribution in [0.15, 0.2) is 18.2 Å². The Morgan fingerprint density at radius 2 is 2.15 bits per heavy atom. The fourth-order valence-corrected chi connectivity index (χ4v) is 1.85. The van der Waals surface area contributed by atoms with Crippen LogP contribution >= 0.6 is 0 Å². The molecule has 0 aliphatic carbocycles. The molecule has 20 heavy (non-hydrogen) atoms. The van der Waals surface area contributed by atoms with Gasteiger partial charge in [-0.05, 0) is 45.1 Å². The maximum Gasteiger partial charge on any atom is 0.220 e. The van der Waals surface area contributed by atoms with Crippen molar-refractivity contribution in [2.45, 2.75) is 38.9 Å². The normalized spacial score (nSPS) is 12.5. The number of hydrogen-bond acceptors (Lipinski definition) is 3. The third kappa shape index (κ3) is 6.12. The molecule has 0 saturated heterocycles. The minimum absolute atomic E-state index is 0.0262. The van der Waals surface area contributed by atoms with Gasteiger partial charge in [0.1, 0.15) is 5.82 Å². The first-order valence-electron chi connectivity index (χ1n) is 6.82. The summed E-state index contributed by atoms with van der Waals surface area (Å²) < 4.78 is 13.6. The van der Waals surface area contributed by atoms with Gasteiger partial charge in [0.15, 0.2) is 0 Å². The summed E-state index contributed by atoms with van der Waals surface area (Å²) in [6.07, 6.45) is 1.09. The molecule has 0 spiro atoms. The number of rotatable bonds is 7. The Kier molecular flexibility index (Phi) is 6.61. The molecule has 0 bridgehead atoms. The highest BCUT2D eigenvalue weighted by Crippen LogP contribution is 2.12. The molecule has 0 aliphatic rings. The Balaban J connectivity index is 2.53. The Labute approximate surface area is 120 Å². The smallest absolute Gasteiger partial charge is 0.220 e. The summed E-state index contributed by atoms with van der Waals surface area (Å²) in [7, 11) is 3.78. The van der Waals surface area contributed by atoms with Crippen LogP contribution < -0.4 is 11.1 Å². The molecule has 1 atom stereocenters. The van der Waals surface area contributed by atoms with E-state index in [0.29, 0.717) is 31.5 Å². The Morgan fingerprint density at radius 1 is 1.45 bits per heavy atom.